The summed E-state index contributed by atoms with van der Waals surface area (Å²) in [5.74, 6) is 0.837. The highest BCUT2D eigenvalue weighted by molar-refractivity contribution is 5.33. The molecule has 0 saturated carbocycles. The fourth-order valence-electron chi connectivity index (χ4n) is 2.61. The molecule has 0 bridgehead atoms. The Morgan fingerprint density at radius 1 is 1.39 bits per heavy atom. The summed E-state index contributed by atoms with van der Waals surface area (Å²) in [4.78, 5) is 2.18. The highest BCUT2D eigenvalue weighted by Crippen LogP contribution is 2.32. The SMILES string of the molecule is CC(C)Oc1cccc(C2(O)CCCN(C)C2)c1. The summed E-state index contributed by atoms with van der Waals surface area (Å²) in [6.45, 7) is 5.77. The van der Waals surface area contributed by atoms with Crippen LogP contribution in [0, 0.1) is 0 Å². The molecule has 1 aliphatic rings. The van der Waals surface area contributed by atoms with Crippen LogP contribution >= 0.6 is 0 Å². The molecule has 0 amide bonds. The lowest BCUT2D eigenvalue weighted by molar-refractivity contribution is -0.0279. The predicted octanol–water partition coefficient (Wildman–Crippen LogP) is 2.39. The van der Waals surface area contributed by atoms with Crippen molar-refractivity contribution in [3.8, 4) is 5.75 Å². The van der Waals surface area contributed by atoms with Crippen molar-refractivity contribution in [1.29, 1.82) is 0 Å². The Morgan fingerprint density at radius 2 is 2.17 bits per heavy atom. The molecular formula is C15H23NO2. The third-order valence-corrected chi connectivity index (χ3v) is 3.40. The molecule has 1 unspecified atom stereocenters. The van der Waals surface area contributed by atoms with Crippen molar-refractivity contribution in [2.24, 2.45) is 0 Å². The first-order valence-corrected chi connectivity index (χ1v) is 6.68. The van der Waals surface area contributed by atoms with Gasteiger partial charge in [-0.1, -0.05) is 12.1 Å². The molecule has 1 aliphatic heterocycles. The first-order chi connectivity index (χ1) is 8.49. The van der Waals surface area contributed by atoms with Crippen LogP contribution in [0.1, 0.15) is 32.3 Å². The van der Waals surface area contributed by atoms with Crippen LogP contribution in [-0.2, 0) is 5.60 Å². The maximum Gasteiger partial charge on any atom is 0.120 e. The van der Waals surface area contributed by atoms with Gasteiger partial charge in [0.1, 0.15) is 11.4 Å². The second-order valence-corrected chi connectivity index (χ2v) is 5.57. The van der Waals surface area contributed by atoms with Crippen LogP contribution in [0.3, 0.4) is 0 Å². The highest BCUT2D eigenvalue weighted by atomic mass is 16.5. The van der Waals surface area contributed by atoms with E-state index in [-0.39, 0.29) is 6.10 Å². The molecule has 1 aromatic rings. The lowest BCUT2D eigenvalue weighted by atomic mass is 9.86. The molecule has 0 aliphatic carbocycles. The number of rotatable bonds is 3. The van der Waals surface area contributed by atoms with Crippen LogP contribution < -0.4 is 4.74 Å². The van der Waals surface area contributed by atoms with Gasteiger partial charge in [0.25, 0.3) is 0 Å². The molecule has 1 aromatic carbocycles. The van der Waals surface area contributed by atoms with Crippen molar-refractivity contribution in [2.45, 2.75) is 38.4 Å². The molecule has 1 atom stereocenters. The van der Waals surface area contributed by atoms with E-state index in [1.807, 2.05) is 38.1 Å². The van der Waals surface area contributed by atoms with Gasteiger partial charge < -0.3 is 14.7 Å². The monoisotopic (exact) mass is 249 g/mol. The lowest BCUT2D eigenvalue weighted by Crippen LogP contribution is -2.44. The summed E-state index contributed by atoms with van der Waals surface area (Å²) < 4.78 is 5.69. The van der Waals surface area contributed by atoms with Gasteiger partial charge in [0.2, 0.25) is 0 Å². The van der Waals surface area contributed by atoms with Crippen molar-refractivity contribution >= 4 is 0 Å². The molecule has 1 heterocycles. The summed E-state index contributed by atoms with van der Waals surface area (Å²) in [6, 6.07) is 7.87. The van der Waals surface area contributed by atoms with E-state index in [1.165, 1.54) is 0 Å². The van der Waals surface area contributed by atoms with E-state index in [0.29, 0.717) is 6.54 Å². The number of ether oxygens (including phenoxy) is 1. The fraction of sp³-hybridized carbons (Fsp3) is 0.600. The molecule has 1 saturated heterocycles. The molecule has 0 aromatic heterocycles. The predicted molar refractivity (Wildman–Crippen MR) is 72.8 cm³/mol. The molecule has 3 heteroatoms. The Morgan fingerprint density at radius 3 is 2.83 bits per heavy atom. The third-order valence-electron chi connectivity index (χ3n) is 3.40. The number of hydrogen-bond acceptors (Lipinski definition) is 3. The second kappa shape index (κ2) is 5.29. The summed E-state index contributed by atoms with van der Waals surface area (Å²) in [5.41, 5.74) is 0.232. The van der Waals surface area contributed by atoms with E-state index in [0.717, 1.165) is 30.7 Å². The van der Waals surface area contributed by atoms with Gasteiger partial charge in [-0.2, -0.15) is 0 Å². The second-order valence-electron chi connectivity index (χ2n) is 5.57. The standard InChI is InChI=1S/C15H23NO2/c1-12(2)18-14-7-4-6-13(10-14)15(17)8-5-9-16(3)11-15/h4,6-7,10,12,17H,5,8-9,11H2,1-3H3. The van der Waals surface area contributed by atoms with Crippen LogP contribution in [-0.4, -0.2) is 36.2 Å². The van der Waals surface area contributed by atoms with Gasteiger partial charge in [0.05, 0.1) is 6.10 Å². The summed E-state index contributed by atoms with van der Waals surface area (Å²) in [7, 11) is 2.05. The van der Waals surface area contributed by atoms with E-state index in [9.17, 15) is 5.11 Å². The number of hydrogen-bond donors (Lipinski definition) is 1. The zero-order valence-corrected chi connectivity index (χ0v) is 11.5. The van der Waals surface area contributed by atoms with Crippen LogP contribution in [0.5, 0.6) is 5.75 Å². The normalized spacial score (nSPS) is 25.4. The first kappa shape index (κ1) is 13.4. The molecule has 3 nitrogen and oxygen atoms in total. The van der Waals surface area contributed by atoms with Crippen LogP contribution in [0.15, 0.2) is 24.3 Å². The number of benzene rings is 1. The molecule has 18 heavy (non-hydrogen) atoms. The molecule has 1 N–H and O–H groups in total. The van der Waals surface area contributed by atoms with Gasteiger partial charge >= 0.3 is 0 Å². The zero-order chi connectivity index (χ0) is 13.2. The van der Waals surface area contributed by atoms with Crippen molar-refractivity contribution in [2.75, 3.05) is 20.1 Å². The van der Waals surface area contributed by atoms with E-state index < -0.39 is 5.60 Å². The first-order valence-electron chi connectivity index (χ1n) is 6.68. The van der Waals surface area contributed by atoms with E-state index in [1.54, 1.807) is 0 Å². The molecule has 2 rings (SSSR count). The molecular weight excluding hydrogens is 226 g/mol. The van der Waals surface area contributed by atoms with Gasteiger partial charge in [0.15, 0.2) is 0 Å². The van der Waals surface area contributed by atoms with Gasteiger partial charge in [0, 0.05) is 6.54 Å². The number of likely N-dealkylation sites (N-methyl/N-ethyl adjacent to an activating group) is 1. The minimum absolute atomic E-state index is 0.156. The molecule has 0 spiro atoms. The number of β-amino-alcohol motifs (C(OH)–C–C–N with tert-alkyl or cyclic N) is 1. The summed E-state index contributed by atoms with van der Waals surface area (Å²) in [6.07, 6.45) is 2.01. The fourth-order valence-corrected chi connectivity index (χ4v) is 2.61. The Kier molecular flexibility index (Phi) is 3.93. The summed E-state index contributed by atoms with van der Waals surface area (Å²) >= 11 is 0. The molecule has 100 valence electrons. The lowest BCUT2D eigenvalue weighted by Gasteiger charge is -2.38. The largest absolute Gasteiger partial charge is 0.491 e. The Hall–Kier alpha value is -1.06. The van der Waals surface area contributed by atoms with Crippen LogP contribution in [0.25, 0.3) is 0 Å². The van der Waals surface area contributed by atoms with Gasteiger partial charge in [-0.15, -0.1) is 0 Å². The molecule has 1 fully saturated rings. The van der Waals surface area contributed by atoms with Crippen LogP contribution in [0.2, 0.25) is 0 Å². The van der Waals surface area contributed by atoms with Crippen molar-refractivity contribution in [1.82, 2.24) is 4.90 Å². The van der Waals surface area contributed by atoms with Crippen LogP contribution in [0.4, 0.5) is 0 Å². The minimum Gasteiger partial charge on any atom is -0.491 e. The summed E-state index contributed by atoms with van der Waals surface area (Å²) in [5, 5.41) is 10.8. The van der Waals surface area contributed by atoms with Gasteiger partial charge in [-0.25, -0.2) is 0 Å². The maximum atomic E-state index is 10.8. The zero-order valence-electron chi connectivity index (χ0n) is 11.5. The number of nitrogens with zero attached hydrogens (tertiary/aromatic N) is 1. The Labute approximate surface area is 109 Å². The van der Waals surface area contributed by atoms with Gasteiger partial charge in [-0.05, 0) is 58.0 Å². The van der Waals surface area contributed by atoms with E-state index >= 15 is 0 Å². The number of piperidine rings is 1. The van der Waals surface area contributed by atoms with Crippen molar-refractivity contribution in [3.05, 3.63) is 29.8 Å². The third kappa shape index (κ3) is 3.03. The van der Waals surface area contributed by atoms with E-state index in [4.69, 9.17) is 4.74 Å². The van der Waals surface area contributed by atoms with E-state index in [2.05, 4.69) is 11.9 Å². The molecule has 0 radical (unpaired) electrons. The van der Waals surface area contributed by atoms with Gasteiger partial charge in [-0.3, -0.25) is 0 Å². The smallest absolute Gasteiger partial charge is 0.120 e. The average molecular weight is 249 g/mol. The minimum atomic E-state index is -0.733. The Balaban J connectivity index is 2.21. The topological polar surface area (TPSA) is 32.7 Å². The van der Waals surface area contributed by atoms with Crippen molar-refractivity contribution in [3.63, 3.8) is 0 Å². The number of aliphatic hydroxyl groups is 1. The maximum absolute atomic E-state index is 10.8. The quantitative estimate of drug-likeness (QED) is 0.893. The Bertz CT molecular complexity index is 405. The van der Waals surface area contributed by atoms with Crippen molar-refractivity contribution < 1.29 is 9.84 Å². The highest BCUT2D eigenvalue weighted by Gasteiger charge is 2.33. The number of likely N-dealkylation sites (tertiary alicyclic amines) is 1. The average Bonchev–Trinajstić information content (AvgIpc) is 2.28.